The molecule has 2 aliphatic rings. The summed E-state index contributed by atoms with van der Waals surface area (Å²) < 4.78 is 50.3. The van der Waals surface area contributed by atoms with Crippen molar-refractivity contribution in [1.29, 1.82) is 0 Å². The van der Waals surface area contributed by atoms with E-state index >= 15 is 0 Å². The number of hydrogen-bond acceptors (Lipinski definition) is 1. The third kappa shape index (κ3) is 2.34. The molecule has 1 saturated carbocycles. The SMILES string of the molecule is O=C(N1CCC2(CCCCC2)C1)C(F)(F)C(F)F. The first kappa shape index (κ1) is 13.6. The highest BCUT2D eigenvalue weighted by atomic mass is 19.3. The summed E-state index contributed by atoms with van der Waals surface area (Å²) in [7, 11) is 0. The molecule has 0 atom stereocenters. The van der Waals surface area contributed by atoms with E-state index < -0.39 is 18.3 Å². The molecule has 0 unspecified atom stereocenters. The van der Waals surface area contributed by atoms with Crippen molar-refractivity contribution in [3.05, 3.63) is 0 Å². The molecule has 18 heavy (non-hydrogen) atoms. The van der Waals surface area contributed by atoms with Gasteiger partial charge in [0.25, 0.3) is 5.91 Å². The minimum absolute atomic E-state index is 0.0912. The Morgan fingerprint density at radius 2 is 1.72 bits per heavy atom. The molecule has 104 valence electrons. The molecule has 1 heterocycles. The molecular formula is C12H17F4NO. The summed E-state index contributed by atoms with van der Waals surface area (Å²) in [6, 6.07) is 0. The lowest BCUT2D eigenvalue weighted by Crippen LogP contribution is -2.47. The standard InChI is InChI=1S/C12H17F4NO/c13-9(14)12(15,16)10(18)17-7-6-11(8-17)4-2-1-3-5-11/h9H,1-8H2. The van der Waals surface area contributed by atoms with Crippen molar-refractivity contribution >= 4 is 5.91 Å². The summed E-state index contributed by atoms with van der Waals surface area (Å²) in [6.07, 6.45) is 1.77. The molecule has 1 spiro atoms. The molecule has 1 aliphatic carbocycles. The van der Waals surface area contributed by atoms with E-state index in [2.05, 4.69) is 0 Å². The van der Waals surface area contributed by atoms with Gasteiger partial charge in [-0.1, -0.05) is 19.3 Å². The van der Waals surface area contributed by atoms with Gasteiger partial charge in [0.15, 0.2) is 0 Å². The molecule has 2 rings (SSSR count). The molecule has 1 amide bonds. The first-order valence-corrected chi connectivity index (χ1v) is 6.33. The normalized spacial score (nSPS) is 23.9. The number of nitrogens with zero attached hydrogens (tertiary/aromatic N) is 1. The highest BCUT2D eigenvalue weighted by Gasteiger charge is 2.53. The van der Waals surface area contributed by atoms with Crippen LogP contribution >= 0.6 is 0 Å². The molecule has 0 N–H and O–H groups in total. The zero-order valence-electron chi connectivity index (χ0n) is 10.1. The van der Waals surface area contributed by atoms with Crippen molar-refractivity contribution in [2.45, 2.75) is 50.9 Å². The minimum Gasteiger partial charge on any atom is -0.337 e. The monoisotopic (exact) mass is 267 g/mol. The Morgan fingerprint density at radius 1 is 1.11 bits per heavy atom. The molecule has 1 saturated heterocycles. The fraction of sp³-hybridized carbons (Fsp3) is 0.917. The van der Waals surface area contributed by atoms with Gasteiger partial charge in [0.1, 0.15) is 0 Å². The minimum atomic E-state index is -4.54. The molecule has 0 bridgehead atoms. The Bertz CT molecular complexity index is 326. The summed E-state index contributed by atoms with van der Waals surface area (Å²) in [5.74, 6) is -6.25. The Labute approximate surface area is 103 Å². The van der Waals surface area contributed by atoms with Crippen molar-refractivity contribution in [2.24, 2.45) is 5.41 Å². The average Bonchev–Trinajstić information content (AvgIpc) is 2.72. The quantitative estimate of drug-likeness (QED) is 0.704. The lowest BCUT2D eigenvalue weighted by atomic mass is 9.73. The number of hydrogen-bond donors (Lipinski definition) is 0. The average molecular weight is 267 g/mol. The van der Waals surface area contributed by atoms with Crippen LogP contribution in [0.15, 0.2) is 0 Å². The molecule has 0 aromatic heterocycles. The van der Waals surface area contributed by atoms with Crippen molar-refractivity contribution in [1.82, 2.24) is 4.90 Å². The van der Waals surface area contributed by atoms with Crippen LogP contribution in [0.5, 0.6) is 0 Å². The lowest BCUT2D eigenvalue weighted by molar-refractivity contribution is -0.180. The Hall–Kier alpha value is -0.810. The van der Waals surface area contributed by atoms with Crippen LogP contribution in [0.3, 0.4) is 0 Å². The fourth-order valence-electron chi connectivity index (χ4n) is 3.12. The van der Waals surface area contributed by atoms with Crippen molar-refractivity contribution in [3.8, 4) is 0 Å². The van der Waals surface area contributed by atoms with E-state index in [0.29, 0.717) is 6.42 Å². The van der Waals surface area contributed by atoms with Crippen molar-refractivity contribution < 1.29 is 22.4 Å². The maximum Gasteiger partial charge on any atom is 0.383 e. The summed E-state index contributed by atoms with van der Waals surface area (Å²) in [5.41, 5.74) is -0.0912. The zero-order chi connectivity index (χ0) is 13.4. The smallest absolute Gasteiger partial charge is 0.337 e. The first-order valence-electron chi connectivity index (χ1n) is 6.33. The second-order valence-corrected chi connectivity index (χ2v) is 5.46. The largest absolute Gasteiger partial charge is 0.383 e. The molecule has 6 heteroatoms. The van der Waals surface area contributed by atoms with Crippen LogP contribution in [0, 0.1) is 5.41 Å². The van der Waals surface area contributed by atoms with E-state index in [-0.39, 0.29) is 18.5 Å². The maximum atomic E-state index is 13.0. The highest BCUT2D eigenvalue weighted by molar-refractivity contribution is 5.84. The van der Waals surface area contributed by atoms with E-state index in [0.717, 1.165) is 37.0 Å². The fourth-order valence-corrected chi connectivity index (χ4v) is 3.12. The molecule has 0 aromatic rings. The Kier molecular flexibility index (Phi) is 3.56. The van der Waals surface area contributed by atoms with Gasteiger partial charge in [0.2, 0.25) is 0 Å². The van der Waals surface area contributed by atoms with Gasteiger partial charge in [-0.15, -0.1) is 0 Å². The molecular weight excluding hydrogens is 250 g/mol. The van der Waals surface area contributed by atoms with Gasteiger partial charge < -0.3 is 4.90 Å². The summed E-state index contributed by atoms with van der Waals surface area (Å²) >= 11 is 0. The molecule has 1 aliphatic heterocycles. The maximum absolute atomic E-state index is 13.0. The van der Waals surface area contributed by atoms with Gasteiger partial charge in [-0.3, -0.25) is 4.79 Å². The molecule has 2 fully saturated rings. The molecule has 2 nitrogen and oxygen atoms in total. The number of halogens is 4. The number of carbonyl (C=O) groups is 1. The predicted molar refractivity (Wildman–Crippen MR) is 57.7 cm³/mol. The topological polar surface area (TPSA) is 20.3 Å². The summed E-state index contributed by atoms with van der Waals surface area (Å²) in [6.45, 7) is 0.398. The van der Waals surface area contributed by atoms with Gasteiger partial charge in [0, 0.05) is 13.1 Å². The van der Waals surface area contributed by atoms with E-state index in [9.17, 15) is 22.4 Å². The number of rotatable bonds is 2. The zero-order valence-corrected chi connectivity index (χ0v) is 10.1. The van der Waals surface area contributed by atoms with Crippen molar-refractivity contribution in [3.63, 3.8) is 0 Å². The predicted octanol–water partition coefficient (Wildman–Crippen LogP) is 3.07. The van der Waals surface area contributed by atoms with E-state index in [4.69, 9.17) is 0 Å². The second-order valence-electron chi connectivity index (χ2n) is 5.46. The Balaban J connectivity index is 2.02. The molecule has 0 aromatic carbocycles. The summed E-state index contributed by atoms with van der Waals surface area (Å²) in [4.78, 5) is 12.4. The van der Waals surface area contributed by atoms with Crippen LogP contribution in [-0.4, -0.2) is 36.2 Å². The first-order chi connectivity index (χ1) is 8.37. The number of carbonyl (C=O) groups excluding carboxylic acids is 1. The lowest BCUT2D eigenvalue weighted by Gasteiger charge is -2.33. The van der Waals surface area contributed by atoms with Crippen LogP contribution in [0.4, 0.5) is 17.6 Å². The highest BCUT2D eigenvalue weighted by Crippen LogP contribution is 2.44. The Morgan fingerprint density at radius 3 is 2.28 bits per heavy atom. The third-order valence-electron chi connectivity index (χ3n) is 4.20. The van der Waals surface area contributed by atoms with Crippen LogP contribution < -0.4 is 0 Å². The second kappa shape index (κ2) is 4.70. The van der Waals surface area contributed by atoms with Crippen LogP contribution in [0.25, 0.3) is 0 Å². The van der Waals surface area contributed by atoms with Gasteiger partial charge in [0.05, 0.1) is 0 Å². The van der Waals surface area contributed by atoms with Crippen LogP contribution in [0.1, 0.15) is 38.5 Å². The van der Waals surface area contributed by atoms with E-state index in [1.807, 2.05) is 0 Å². The summed E-state index contributed by atoms with van der Waals surface area (Å²) in [5, 5.41) is 0. The number of likely N-dealkylation sites (tertiary alicyclic amines) is 1. The van der Waals surface area contributed by atoms with Crippen molar-refractivity contribution in [2.75, 3.05) is 13.1 Å². The van der Waals surface area contributed by atoms with E-state index in [1.54, 1.807) is 0 Å². The van der Waals surface area contributed by atoms with Gasteiger partial charge in [-0.05, 0) is 24.7 Å². The van der Waals surface area contributed by atoms with Crippen LogP contribution in [-0.2, 0) is 4.79 Å². The molecule has 0 radical (unpaired) electrons. The van der Waals surface area contributed by atoms with Gasteiger partial charge in [-0.25, -0.2) is 8.78 Å². The van der Waals surface area contributed by atoms with E-state index in [1.165, 1.54) is 0 Å². The number of amides is 1. The third-order valence-corrected chi connectivity index (χ3v) is 4.20. The van der Waals surface area contributed by atoms with Crippen LogP contribution in [0.2, 0.25) is 0 Å². The van der Waals surface area contributed by atoms with Gasteiger partial charge >= 0.3 is 12.3 Å². The number of alkyl halides is 4. The van der Waals surface area contributed by atoms with Gasteiger partial charge in [-0.2, -0.15) is 8.78 Å².